The maximum Gasteiger partial charge on any atom is 0.0683 e. The van der Waals surface area contributed by atoms with Crippen molar-refractivity contribution in [3.8, 4) is 0 Å². The van der Waals surface area contributed by atoms with Crippen molar-refractivity contribution in [2.24, 2.45) is 0 Å². The molecule has 1 aromatic heterocycles. The second kappa shape index (κ2) is 4.38. The van der Waals surface area contributed by atoms with E-state index in [0.717, 1.165) is 23.4 Å². The average Bonchev–Trinajstić information content (AvgIpc) is 2.15. The van der Waals surface area contributed by atoms with E-state index in [1.807, 2.05) is 19.1 Å². The van der Waals surface area contributed by atoms with Crippen molar-refractivity contribution >= 4 is 0 Å². The van der Waals surface area contributed by atoms with Crippen LogP contribution in [0.15, 0.2) is 12.1 Å². The predicted octanol–water partition coefficient (Wildman–Crippen LogP) is 2.40. The highest BCUT2D eigenvalue weighted by atomic mass is 16.3. The molecule has 0 bridgehead atoms. The predicted molar refractivity (Wildman–Crippen MR) is 53.6 cm³/mol. The average molecular weight is 179 g/mol. The molecule has 1 aromatic rings. The Labute approximate surface area is 79.6 Å². The van der Waals surface area contributed by atoms with E-state index < -0.39 is 0 Å². The Balaban J connectivity index is 3.01. The molecule has 1 rings (SSSR count). The van der Waals surface area contributed by atoms with Crippen molar-refractivity contribution in [2.45, 2.75) is 39.7 Å². The zero-order valence-corrected chi connectivity index (χ0v) is 8.54. The van der Waals surface area contributed by atoms with Crippen molar-refractivity contribution in [3.05, 3.63) is 29.1 Å². The SMILES string of the molecule is CCC(C)c1cc(CO)cc(C)n1. The monoisotopic (exact) mass is 179 g/mol. The van der Waals surface area contributed by atoms with Crippen molar-refractivity contribution in [3.63, 3.8) is 0 Å². The van der Waals surface area contributed by atoms with Crippen LogP contribution in [-0.2, 0) is 6.61 Å². The van der Waals surface area contributed by atoms with Crippen LogP contribution >= 0.6 is 0 Å². The Bertz CT molecular complexity index is 283. The fourth-order valence-corrected chi connectivity index (χ4v) is 1.32. The van der Waals surface area contributed by atoms with Crippen LogP contribution in [0.5, 0.6) is 0 Å². The minimum atomic E-state index is 0.104. The quantitative estimate of drug-likeness (QED) is 0.772. The maximum atomic E-state index is 9.01. The van der Waals surface area contributed by atoms with Gasteiger partial charge in [0, 0.05) is 11.4 Å². The number of nitrogens with zero attached hydrogens (tertiary/aromatic N) is 1. The molecule has 1 heterocycles. The molecule has 0 fully saturated rings. The first-order chi connectivity index (χ1) is 6.17. The minimum absolute atomic E-state index is 0.104. The summed E-state index contributed by atoms with van der Waals surface area (Å²) < 4.78 is 0. The van der Waals surface area contributed by atoms with Gasteiger partial charge in [-0.3, -0.25) is 4.98 Å². The molecule has 2 nitrogen and oxygen atoms in total. The van der Waals surface area contributed by atoms with E-state index >= 15 is 0 Å². The summed E-state index contributed by atoms with van der Waals surface area (Å²) in [6.07, 6.45) is 1.08. The van der Waals surface area contributed by atoms with Gasteiger partial charge in [-0.15, -0.1) is 0 Å². The number of aliphatic hydroxyl groups is 1. The first kappa shape index (κ1) is 10.2. The van der Waals surface area contributed by atoms with Gasteiger partial charge < -0.3 is 5.11 Å². The van der Waals surface area contributed by atoms with Gasteiger partial charge in [0.2, 0.25) is 0 Å². The third-order valence-electron chi connectivity index (χ3n) is 2.33. The van der Waals surface area contributed by atoms with E-state index in [-0.39, 0.29) is 6.61 Å². The molecule has 1 atom stereocenters. The van der Waals surface area contributed by atoms with E-state index in [4.69, 9.17) is 5.11 Å². The fraction of sp³-hybridized carbons (Fsp3) is 0.545. The van der Waals surface area contributed by atoms with Crippen LogP contribution in [0.1, 0.15) is 43.1 Å². The summed E-state index contributed by atoms with van der Waals surface area (Å²) in [6, 6.07) is 3.91. The highest BCUT2D eigenvalue weighted by molar-refractivity contribution is 5.22. The molecule has 0 radical (unpaired) electrons. The van der Waals surface area contributed by atoms with Gasteiger partial charge >= 0.3 is 0 Å². The van der Waals surface area contributed by atoms with Crippen LogP contribution in [-0.4, -0.2) is 10.1 Å². The highest BCUT2D eigenvalue weighted by Gasteiger charge is 2.06. The Morgan fingerprint density at radius 1 is 1.46 bits per heavy atom. The van der Waals surface area contributed by atoms with Crippen LogP contribution in [0.4, 0.5) is 0 Å². The zero-order chi connectivity index (χ0) is 9.84. The van der Waals surface area contributed by atoms with Crippen LogP contribution in [0.3, 0.4) is 0 Å². The molecule has 2 heteroatoms. The Hall–Kier alpha value is -0.890. The van der Waals surface area contributed by atoms with Crippen LogP contribution in [0.25, 0.3) is 0 Å². The van der Waals surface area contributed by atoms with Gasteiger partial charge in [0.05, 0.1) is 6.61 Å². The molecular weight excluding hydrogens is 162 g/mol. The molecular formula is C11H17NO. The van der Waals surface area contributed by atoms with Crippen molar-refractivity contribution in [2.75, 3.05) is 0 Å². The first-order valence-corrected chi connectivity index (χ1v) is 4.75. The third kappa shape index (κ3) is 2.52. The number of aromatic nitrogens is 1. The lowest BCUT2D eigenvalue weighted by molar-refractivity contribution is 0.281. The standard InChI is InChI=1S/C11H17NO/c1-4-8(2)11-6-10(7-13)5-9(3)12-11/h5-6,8,13H,4,7H2,1-3H3. The summed E-state index contributed by atoms with van der Waals surface area (Å²) in [7, 11) is 0. The van der Waals surface area contributed by atoms with Crippen LogP contribution < -0.4 is 0 Å². The van der Waals surface area contributed by atoms with Gasteiger partial charge in [0.25, 0.3) is 0 Å². The molecule has 0 saturated heterocycles. The Kier molecular flexibility index (Phi) is 3.43. The second-order valence-corrected chi connectivity index (χ2v) is 3.51. The largest absolute Gasteiger partial charge is 0.392 e. The Morgan fingerprint density at radius 3 is 2.69 bits per heavy atom. The molecule has 1 N–H and O–H groups in total. The number of hydrogen-bond donors (Lipinski definition) is 1. The van der Waals surface area contributed by atoms with E-state index in [9.17, 15) is 0 Å². The lowest BCUT2D eigenvalue weighted by Gasteiger charge is -2.10. The highest BCUT2D eigenvalue weighted by Crippen LogP contribution is 2.18. The van der Waals surface area contributed by atoms with Crippen LogP contribution in [0, 0.1) is 6.92 Å². The molecule has 0 saturated carbocycles. The summed E-state index contributed by atoms with van der Waals surface area (Å²) in [6.45, 7) is 6.37. The summed E-state index contributed by atoms with van der Waals surface area (Å²) in [4.78, 5) is 4.44. The summed E-state index contributed by atoms with van der Waals surface area (Å²) in [5.41, 5.74) is 3.04. The number of hydrogen-bond acceptors (Lipinski definition) is 2. The fourth-order valence-electron chi connectivity index (χ4n) is 1.32. The van der Waals surface area contributed by atoms with E-state index in [0.29, 0.717) is 5.92 Å². The molecule has 1 unspecified atom stereocenters. The minimum Gasteiger partial charge on any atom is -0.392 e. The molecule has 13 heavy (non-hydrogen) atoms. The smallest absolute Gasteiger partial charge is 0.0683 e. The summed E-state index contributed by atoms with van der Waals surface area (Å²) in [5, 5.41) is 9.01. The Morgan fingerprint density at radius 2 is 2.15 bits per heavy atom. The van der Waals surface area contributed by atoms with E-state index in [1.54, 1.807) is 0 Å². The number of aryl methyl sites for hydroxylation is 1. The molecule has 0 aliphatic carbocycles. The lowest BCUT2D eigenvalue weighted by atomic mass is 10.0. The third-order valence-corrected chi connectivity index (χ3v) is 2.33. The van der Waals surface area contributed by atoms with Crippen molar-refractivity contribution < 1.29 is 5.11 Å². The van der Waals surface area contributed by atoms with E-state index in [2.05, 4.69) is 18.8 Å². The van der Waals surface area contributed by atoms with Crippen molar-refractivity contribution in [1.82, 2.24) is 4.98 Å². The molecule has 72 valence electrons. The van der Waals surface area contributed by atoms with Gasteiger partial charge in [-0.05, 0) is 37.0 Å². The molecule has 0 aromatic carbocycles. The zero-order valence-electron chi connectivity index (χ0n) is 8.54. The summed E-state index contributed by atoms with van der Waals surface area (Å²) >= 11 is 0. The molecule has 0 aliphatic heterocycles. The topological polar surface area (TPSA) is 33.1 Å². The first-order valence-electron chi connectivity index (χ1n) is 4.75. The maximum absolute atomic E-state index is 9.01. The summed E-state index contributed by atoms with van der Waals surface area (Å²) in [5.74, 6) is 0.477. The number of rotatable bonds is 3. The normalized spacial score (nSPS) is 12.9. The van der Waals surface area contributed by atoms with Gasteiger partial charge in [-0.1, -0.05) is 13.8 Å². The molecule has 0 spiro atoms. The van der Waals surface area contributed by atoms with Crippen LogP contribution in [0.2, 0.25) is 0 Å². The second-order valence-electron chi connectivity index (χ2n) is 3.51. The number of aliphatic hydroxyl groups excluding tert-OH is 1. The van der Waals surface area contributed by atoms with Gasteiger partial charge in [0.15, 0.2) is 0 Å². The lowest BCUT2D eigenvalue weighted by Crippen LogP contribution is -1.99. The molecule has 0 amide bonds. The van der Waals surface area contributed by atoms with Crippen molar-refractivity contribution in [1.29, 1.82) is 0 Å². The van der Waals surface area contributed by atoms with Gasteiger partial charge in [-0.25, -0.2) is 0 Å². The molecule has 0 aliphatic rings. The van der Waals surface area contributed by atoms with E-state index in [1.165, 1.54) is 0 Å². The van der Waals surface area contributed by atoms with Gasteiger partial charge in [-0.2, -0.15) is 0 Å². The van der Waals surface area contributed by atoms with Gasteiger partial charge in [0.1, 0.15) is 0 Å². The number of pyridine rings is 1.